The van der Waals surface area contributed by atoms with Crippen molar-refractivity contribution in [2.24, 2.45) is 0 Å². The highest BCUT2D eigenvalue weighted by molar-refractivity contribution is 9.10. The zero-order valence-corrected chi connectivity index (χ0v) is 12.3. The molecule has 0 fully saturated rings. The number of rotatable bonds is 4. The molecule has 1 aromatic heterocycles. The van der Waals surface area contributed by atoms with E-state index in [-0.39, 0.29) is 0 Å². The Labute approximate surface area is 114 Å². The van der Waals surface area contributed by atoms with Crippen molar-refractivity contribution in [3.05, 3.63) is 50.9 Å². The van der Waals surface area contributed by atoms with Gasteiger partial charge in [-0.2, -0.15) is 0 Å². The summed E-state index contributed by atoms with van der Waals surface area (Å²) >= 11 is 5.27. The lowest BCUT2D eigenvalue weighted by Gasteiger charge is -2.20. The van der Waals surface area contributed by atoms with Crippen LogP contribution in [0.5, 0.6) is 0 Å². The molecule has 1 heterocycles. The molecule has 0 spiro atoms. The fourth-order valence-corrected chi connectivity index (χ4v) is 3.08. The molecule has 0 saturated heterocycles. The molecule has 1 unspecified atom stereocenters. The normalized spacial score (nSPS) is 14.5. The monoisotopic (exact) mass is 310 g/mol. The summed E-state index contributed by atoms with van der Waals surface area (Å²) in [5.74, 6) is 0. The van der Waals surface area contributed by atoms with Gasteiger partial charge in [-0.1, -0.05) is 34.1 Å². The summed E-state index contributed by atoms with van der Waals surface area (Å²) in [6, 6.07) is 8.95. The Bertz CT molecular complexity index is 470. The Morgan fingerprint density at radius 1 is 1.24 bits per heavy atom. The highest BCUT2D eigenvalue weighted by Gasteiger charge is 2.13. The topological polar surface area (TPSA) is 24.9 Å². The van der Waals surface area contributed by atoms with Gasteiger partial charge in [0.05, 0.1) is 5.51 Å². The number of halogens is 1. The second kappa shape index (κ2) is 5.76. The lowest BCUT2D eigenvalue weighted by atomic mass is 10.1. The van der Waals surface area contributed by atoms with Gasteiger partial charge in [0.1, 0.15) is 0 Å². The van der Waals surface area contributed by atoms with Crippen LogP contribution in [0.4, 0.5) is 0 Å². The average molecular weight is 311 g/mol. The Morgan fingerprint density at radius 3 is 2.65 bits per heavy atom. The molecule has 0 aliphatic heterocycles. The molecule has 2 atom stereocenters. The van der Waals surface area contributed by atoms with Crippen LogP contribution in [0.1, 0.15) is 36.4 Å². The SMILES string of the molecule is CC(N[C@H](C)c1ccccc1Br)c1cncs1. The third kappa shape index (κ3) is 3.15. The van der Waals surface area contributed by atoms with Gasteiger partial charge < -0.3 is 5.32 Å². The molecule has 90 valence electrons. The third-order valence-electron chi connectivity index (χ3n) is 2.75. The maximum atomic E-state index is 4.11. The van der Waals surface area contributed by atoms with Crippen molar-refractivity contribution in [1.82, 2.24) is 10.3 Å². The van der Waals surface area contributed by atoms with Crippen LogP contribution in [-0.2, 0) is 0 Å². The summed E-state index contributed by atoms with van der Waals surface area (Å²) in [5.41, 5.74) is 3.15. The van der Waals surface area contributed by atoms with Crippen molar-refractivity contribution < 1.29 is 0 Å². The van der Waals surface area contributed by atoms with Gasteiger partial charge in [0, 0.05) is 27.6 Å². The second-order valence-corrected chi connectivity index (χ2v) is 5.81. The summed E-state index contributed by atoms with van der Waals surface area (Å²) in [6.07, 6.45) is 1.93. The molecule has 0 bridgehead atoms. The minimum atomic E-state index is 0.308. The largest absolute Gasteiger partial charge is 0.303 e. The first-order valence-electron chi connectivity index (χ1n) is 5.57. The Morgan fingerprint density at radius 2 is 2.00 bits per heavy atom. The summed E-state index contributed by atoms with van der Waals surface area (Å²) in [4.78, 5) is 5.38. The first-order valence-corrected chi connectivity index (χ1v) is 7.24. The summed E-state index contributed by atoms with van der Waals surface area (Å²) in [6.45, 7) is 4.35. The smallest absolute Gasteiger partial charge is 0.0794 e. The van der Waals surface area contributed by atoms with E-state index < -0.39 is 0 Å². The van der Waals surface area contributed by atoms with Crippen LogP contribution < -0.4 is 5.32 Å². The lowest BCUT2D eigenvalue weighted by molar-refractivity contribution is 0.498. The zero-order valence-electron chi connectivity index (χ0n) is 9.85. The van der Waals surface area contributed by atoms with Gasteiger partial charge in [-0.3, -0.25) is 4.98 Å². The van der Waals surface area contributed by atoms with Crippen LogP contribution in [0.3, 0.4) is 0 Å². The number of nitrogens with one attached hydrogen (secondary N) is 1. The van der Waals surface area contributed by atoms with Crippen LogP contribution in [0.25, 0.3) is 0 Å². The Kier molecular flexibility index (Phi) is 4.31. The molecule has 0 amide bonds. The van der Waals surface area contributed by atoms with Crippen LogP contribution >= 0.6 is 27.3 Å². The van der Waals surface area contributed by atoms with Crippen molar-refractivity contribution in [1.29, 1.82) is 0 Å². The number of thiazole rings is 1. The number of aromatic nitrogens is 1. The van der Waals surface area contributed by atoms with Gasteiger partial charge in [0.25, 0.3) is 0 Å². The van der Waals surface area contributed by atoms with E-state index in [1.54, 1.807) is 11.3 Å². The van der Waals surface area contributed by atoms with Gasteiger partial charge in [-0.05, 0) is 25.5 Å². The van der Waals surface area contributed by atoms with Gasteiger partial charge in [-0.15, -0.1) is 11.3 Å². The number of hydrogen-bond acceptors (Lipinski definition) is 3. The van der Waals surface area contributed by atoms with Crippen LogP contribution in [0.15, 0.2) is 40.4 Å². The molecule has 17 heavy (non-hydrogen) atoms. The highest BCUT2D eigenvalue weighted by atomic mass is 79.9. The van der Waals surface area contributed by atoms with Crippen LogP contribution in [-0.4, -0.2) is 4.98 Å². The first kappa shape index (κ1) is 12.7. The number of nitrogens with zero attached hydrogens (tertiary/aromatic N) is 1. The van der Waals surface area contributed by atoms with E-state index in [0.29, 0.717) is 12.1 Å². The molecule has 1 N–H and O–H groups in total. The molecule has 0 aliphatic rings. The van der Waals surface area contributed by atoms with Crippen molar-refractivity contribution in [3.8, 4) is 0 Å². The molecule has 2 aromatic rings. The van der Waals surface area contributed by atoms with Crippen molar-refractivity contribution in [2.45, 2.75) is 25.9 Å². The van der Waals surface area contributed by atoms with Gasteiger partial charge in [0.2, 0.25) is 0 Å². The van der Waals surface area contributed by atoms with Gasteiger partial charge in [-0.25, -0.2) is 0 Å². The first-order chi connectivity index (χ1) is 8.18. The zero-order chi connectivity index (χ0) is 12.3. The van der Waals surface area contributed by atoms with E-state index in [4.69, 9.17) is 0 Å². The Hall–Kier alpha value is -0.710. The van der Waals surface area contributed by atoms with Crippen molar-refractivity contribution in [3.63, 3.8) is 0 Å². The standard InChI is InChI=1S/C13H15BrN2S/c1-9(11-5-3-4-6-12(11)14)16-10(2)13-7-15-8-17-13/h3-10,16H,1-2H3/t9-,10?/m1/s1. The Balaban J connectivity index is 2.07. The molecule has 2 rings (SSSR count). The van der Waals surface area contributed by atoms with E-state index in [1.807, 2.05) is 17.8 Å². The maximum Gasteiger partial charge on any atom is 0.0794 e. The predicted octanol–water partition coefficient (Wildman–Crippen LogP) is 4.32. The van der Waals surface area contributed by atoms with E-state index in [0.717, 1.165) is 4.47 Å². The molecule has 0 aliphatic carbocycles. The highest BCUT2D eigenvalue weighted by Crippen LogP contribution is 2.26. The summed E-state index contributed by atoms with van der Waals surface area (Å²) in [5, 5.41) is 3.58. The minimum absolute atomic E-state index is 0.308. The van der Waals surface area contributed by atoms with Crippen LogP contribution in [0.2, 0.25) is 0 Å². The van der Waals surface area contributed by atoms with E-state index in [1.165, 1.54) is 10.4 Å². The number of benzene rings is 1. The van der Waals surface area contributed by atoms with Crippen molar-refractivity contribution >= 4 is 27.3 Å². The summed E-state index contributed by atoms with van der Waals surface area (Å²) < 4.78 is 1.15. The van der Waals surface area contributed by atoms with E-state index >= 15 is 0 Å². The van der Waals surface area contributed by atoms with Crippen molar-refractivity contribution in [2.75, 3.05) is 0 Å². The number of hydrogen-bond donors (Lipinski definition) is 1. The van der Waals surface area contributed by atoms with E-state index in [2.05, 4.69) is 58.3 Å². The quantitative estimate of drug-likeness (QED) is 0.909. The molecular formula is C13H15BrN2S. The maximum absolute atomic E-state index is 4.11. The summed E-state index contributed by atoms with van der Waals surface area (Å²) in [7, 11) is 0. The minimum Gasteiger partial charge on any atom is -0.303 e. The molecule has 0 radical (unpaired) electrons. The van der Waals surface area contributed by atoms with Gasteiger partial charge in [0.15, 0.2) is 0 Å². The fourth-order valence-electron chi connectivity index (χ4n) is 1.81. The molecule has 4 heteroatoms. The second-order valence-electron chi connectivity index (χ2n) is 4.04. The lowest BCUT2D eigenvalue weighted by Crippen LogP contribution is -2.22. The third-order valence-corrected chi connectivity index (χ3v) is 4.43. The molecule has 0 saturated carbocycles. The molecule has 2 nitrogen and oxygen atoms in total. The predicted molar refractivity (Wildman–Crippen MR) is 76.2 cm³/mol. The molecule has 1 aromatic carbocycles. The van der Waals surface area contributed by atoms with E-state index in [9.17, 15) is 0 Å². The molecular weight excluding hydrogens is 296 g/mol. The average Bonchev–Trinajstić information content (AvgIpc) is 2.82. The van der Waals surface area contributed by atoms with Gasteiger partial charge >= 0.3 is 0 Å². The van der Waals surface area contributed by atoms with Crippen LogP contribution in [0, 0.1) is 0 Å². The fraction of sp³-hybridized carbons (Fsp3) is 0.308.